The van der Waals surface area contributed by atoms with Crippen LogP contribution in [0.15, 0.2) is 23.1 Å². The van der Waals surface area contributed by atoms with Crippen molar-refractivity contribution in [1.82, 2.24) is 14.8 Å². The van der Waals surface area contributed by atoms with Gasteiger partial charge in [0.05, 0.1) is 11.1 Å². The molecule has 2 rings (SSSR count). The van der Waals surface area contributed by atoms with Crippen LogP contribution < -0.4 is 10.9 Å². The van der Waals surface area contributed by atoms with Crippen molar-refractivity contribution < 1.29 is 9.72 Å². The summed E-state index contributed by atoms with van der Waals surface area (Å²) in [6, 6.07) is 2.31. The molecule has 1 aliphatic rings. The topological polar surface area (TPSA) is 97.5 Å². The Morgan fingerprint density at radius 2 is 2.05 bits per heavy atom. The molecule has 8 nitrogen and oxygen atoms in total. The lowest BCUT2D eigenvalue weighted by molar-refractivity contribution is -0.385. The van der Waals surface area contributed by atoms with Gasteiger partial charge in [-0.3, -0.25) is 19.7 Å². The molecule has 108 valence electrons. The zero-order valence-corrected chi connectivity index (χ0v) is 10.9. The molecule has 1 saturated heterocycles. The number of amides is 1. The molecule has 0 spiro atoms. The minimum absolute atomic E-state index is 0.0371. The smallest absolute Gasteiger partial charge is 0.285 e. The van der Waals surface area contributed by atoms with Crippen molar-refractivity contribution in [3.05, 3.63) is 38.8 Å². The number of aromatic nitrogens is 1. The van der Waals surface area contributed by atoms with Crippen molar-refractivity contribution in [3.8, 4) is 0 Å². The third kappa shape index (κ3) is 3.41. The van der Waals surface area contributed by atoms with Crippen molar-refractivity contribution in [3.63, 3.8) is 0 Å². The first kappa shape index (κ1) is 14.2. The third-order valence-corrected chi connectivity index (χ3v) is 3.21. The minimum Gasteiger partial charge on any atom is -0.340 e. The maximum absolute atomic E-state index is 12.0. The summed E-state index contributed by atoms with van der Waals surface area (Å²) in [5.41, 5.74) is -0.497. The zero-order chi connectivity index (χ0) is 14.5. The van der Waals surface area contributed by atoms with E-state index in [1.807, 2.05) is 0 Å². The highest BCUT2D eigenvalue weighted by molar-refractivity contribution is 5.76. The van der Waals surface area contributed by atoms with Crippen LogP contribution in [0.25, 0.3) is 0 Å². The zero-order valence-electron chi connectivity index (χ0n) is 10.9. The Labute approximate surface area is 115 Å². The van der Waals surface area contributed by atoms with E-state index in [4.69, 9.17) is 0 Å². The summed E-state index contributed by atoms with van der Waals surface area (Å²) >= 11 is 0. The van der Waals surface area contributed by atoms with Gasteiger partial charge in [0.15, 0.2) is 0 Å². The number of nitrogens with zero attached hydrogens (tertiary/aromatic N) is 3. The highest BCUT2D eigenvalue weighted by Crippen LogP contribution is 2.07. The molecule has 0 atom stereocenters. The van der Waals surface area contributed by atoms with E-state index in [0.29, 0.717) is 13.1 Å². The number of aryl methyl sites for hydroxylation is 1. The Morgan fingerprint density at radius 1 is 1.35 bits per heavy atom. The average Bonchev–Trinajstić information content (AvgIpc) is 2.46. The van der Waals surface area contributed by atoms with Crippen LogP contribution in [-0.4, -0.2) is 46.5 Å². The summed E-state index contributed by atoms with van der Waals surface area (Å²) in [6.07, 6.45) is 1.34. The molecule has 1 N–H and O–H groups in total. The van der Waals surface area contributed by atoms with Gasteiger partial charge in [-0.25, -0.2) is 0 Å². The Hall–Kier alpha value is -2.22. The number of carbonyl (C=O) groups excluding carboxylic acids is 1. The first-order chi connectivity index (χ1) is 9.58. The Morgan fingerprint density at radius 3 is 2.70 bits per heavy atom. The number of hydrogen-bond acceptors (Lipinski definition) is 5. The van der Waals surface area contributed by atoms with Crippen molar-refractivity contribution in [2.24, 2.45) is 0 Å². The van der Waals surface area contributed by atoms with Crippen LogP contribution in [0.5, 0.6) is 0 Å². The van der Waals surface area contributed by atoms with E-state index in [-0.39, 0.29) is 30.1 Å². The van der Waals surface area contributed by atoms with Crippen molar-refractivity contribution >= 4 is 11.6 Å². The average molecular weight is 280 g/mol. The summed E-state index contributed by atoms with van der Waals surface area (Å²) in [4.78, 5) is 35.4. The van der Waals surface area contributed by atoms with Crippen LogP contribution >= 0.6 is 0 Å². The number of piperazine rings is 1. The van der Waals surface area contributed by atoms with Gasteiger partial charge in [-0.05, 0) is 0 Å². The summed E-state index contributed by atoms with van der Waals surface area (Å²) in [6.45, 7) is 3.00. The molecule has 1 aromatic heterocycles. The fourth-order valence-electron chi connectivity index (χ4n) is 2.09. The normalized spacial score (nSPS) is 15.1. The first-order valence-corrected chi connectivity index (χ1v) is 6.41. The van der Waals surface area contributed by atoms with E-state index < -0.39 is 4.92 Å². The second kappa shape index (κ2) is 6.29. The fraction of sp³-hybridized carbons (Fsp3) is 0.500. The number of pyridine rings is 1. The van der Waals surface area contributed by atoms with E-state index in [1.54, 1.807) is 4.90 Å². The fourth-order valence-corrected chi connectivity index (χ4v) is 2.09. The van der Waals surface area contributed by atoms with Crippen LogP contribution in [0.2, 0.25) is 0 Å². The molecule has 0 aliphatic carbocycles. The lowest BCUT2D eigenvalue weighted by Crippen LogP contribution is -2.46. The summed E-state index contributed by atoms with van der Waals surface area (Å²) in [5.74, 6) is -0.0371. The Kier molecular flexibility index (Phi) is 4.46. The number of nitro groups is 1. The van der Waals surface area contributed by atoms with Gasteiger partial charge in [0.2, 0.25) is 5.91 Å². The second-order valence-electron chi connectivity index (χ2n) is 4.56. The van der Waals surface area contributed by atoms with Gasteiger partial charge in [0, 0.05) is 51.3 Å². The van der Waals surface area contributed by atoms with E-state index in [9.17, 15) is 19.7 Å². The molecule has 0 radical (unpaired) electrons. The maximum atomic E-state index is 12.0. The predicted octanol–water partition coefficient (Wildman–Crippen LogP) is -0.422. The predicted molar refractivity (Wildman–Crippen MR) is 71.4 cm³/mol. The molecule has 1 aromatic rings. The highest BCUT2D eigenvalue weighted by Gasteiger charge is 2.16. The van der Waals surface area contributed by atoms with E-state index >= 15 is 0 Å². The van der Waals surface area contributed by atoms with Gasteiger partial charge >= 0.3 is 0 Å². The number of hydrogen-bond donors (Lipinski definition) is 1. The largest absolute Gasteiger partial charge is 0.340 e. The molecule has 0 aromatic carbocycles. The molecule has 20 heavy (non-hydrogen) atoms. The van der Waals surface area contributed by atoms with Crippen molar-refractivity contribution in [2.45, 2.75) is 13.0 Å². The number of rotatable bonds is 4. The van der Waals surface area contributed by atoms with E-state index in [0.717, 1.165) is 25.2 Å². The number of carbonyl (C=O) groups is 1. The quantitative estimate of drug-likeness (QED) is 0.596. The Balaban J connectivity index is 1.99. The molecule has 1 fully saturated rings. The summed E-state index contributed by atoms with van der Waals surface area (Å²) < 4.78 is 1.21. The van der Waals surface area contributed by atoms with Gasteiger partial charge in [0.1, 0.15) is 0 Å². The van der Waals surface area contributed by atoms with Crippen LogP contribution in [0.4, 0.5) is 5.69 Å². The van der Waals surface area contributed by atoms with Crippen LogP contribution in [0.1, 0.15) is 6.42 Å². The Bertz CT molecular complexity index is 563. The SMILES string of the molecule is O=C(CCn1cc([N+](=O)[O-])ccc1=O)N1CCNCC1. The molecule has 1 aliphatic heterocycles. The highest BCUT2D eigenvalue weighted by atomic mass is 16.6. The number of nitrogens with one attached hydrogen (secondary N) is 1. The van der Waals surface area contributed by atoms with Crippen molar-refractivity contribution in [2.75, 3.05) is 26.2 Å². The monoisotopic (exact) mass is 280 g/mol. The molecule has 0 saturated carbocycles. The second-order valence-corrected chi connectivity index (χ2v) is 4.56. The lowest BCUT2D eigenvalue weighted by atomic mass is 10.3. The van der Waals surface area contributed by atoms with Gasteiger partial charge in [0.25, 0.3) is 11.2 Å². The third-order valence-electron chi connectivity index (χ3n) is 3.21. The molecule has 8 heteroatoms. The van der Waals surface area contributed by atoms with Gasteiger partial charge < -0.3 is 14.8 Å². The molecular weight excluding hydrogens is 264 g/mol. The van der Waals surface area contributed by atoms with Crippen molar-refractivity contribution in [1.29, 1.82) is 0 Å². The van der Waals surface area contributed by atoms with Gasteiger partial charge in [-0.2, -0.15) is 0 Å². The van der Waals surface area contributed by atoms with Crippen LogP contribution in [0.3, 0.4) is 0 Å². The van der Waals surface area contributed by atoms with E-state index in [2.05, 4.69) is 5.32 Å². The maximum Gasteiger partial charge on any atom is 0.285 e. The molecule has 0 unspecified atom stereocenters. The van der Waals surface area contributed by atoms with Crippen LogP contribution in [-0.2, 0) is 11.3 Å². The van der Waals surface area contributed by atoms with E-state index in [1.165, 1.54) is 10.8 Å². The van der Waals surface area contributed by atoms with Crippen LogP contribution in [0, 0.1) is 10.1 Å². The standard InChI is InChI=1S/C12H16N4O4/c17-11-2-1-10(16(19)20)9-15(11)6-3-12(18)14-7-4-13-5-8-14/h1-2,9,13H,3-8H2. The summed E-state index contributed by atoms with van der Waals surface area (Å²) in [5, 5.41) is 13.8. The summed E-state index contributed by atoms with van der Waals surface area (Å²) in [7, 11) is 0. The molecule has 0 bridgehead atoms. The van der Waals surface area contributed by atoms with Gasteiger partial charge in [-0.1, -0.05) is 0 Å². The molecule has 1 amide bonds. The lowest BCUT2D eigenvalue weighted by Gasteiger charge is -2.27. The molecular formula is C12H16N4O4. The first-order valence-electron chi connectivity index (χ1n) is 6.41. The minimum atomic E-state index is -0.561. The molecule has 2 heterocycles. The van der Waals surface area contributed by atoms with Gasteiger partial charge in [-0.15, -0.1) is 0 Å².